The molecule has 96 valence electrons. The molecule has 0 saturated heterocycles. The Labute approximate surface area is 108 Å². The van der Waals surface area contributed by atoms with Crippen LogP contribution in [-0.4, -0.2) is 4.98 Å². The van der Waals surface area contributed by atoms with E-state index in [0.717, 1.165) is 29.9 Å². The van der Waals surface area contributed by atoms with Gasteiger partial charge in [-0.15, -0.1) is 0 Å². The quantitative estimate of drug-likeness (QED) is 0.884. The van der Waals surface area contributed by atoms with Gasteiger partial charge in [0.25, 0.3) is 6.01 Å². The number of aromatic nitrogens is 1. The van der Waals surface area contributed by atoms with Gasteiger partial charge in [-0.25, -0.2) is 0 Å². The maximum atomic E-state index is 5.61. The molecule has 1 atom stereocenters. The maximum Gasteiger partial charge on any atom is 0.292 e. The van der Waals surface area contributed by atoms with Crippen molar-refractivity contribution in [2.45, 2.75) is 39.5 Å². The van der Waals surface area contributed by atoms with Crippen LogP contribution in [0.4, 0.5) is 6.01 Å². The third-order valence-corrected chi connectivity index (χ3v) is 3.40. The van der Waals surface area contributed by atoms with Crippen LogP contribution in [-0.2, 0) is 6.42 Å². The van der Waals surface area contributed by atoms with Gasteiger partial charge in [0.2, 0.25) is 0 Å². The van der Waals surface area contributed by atoms with Crippen molar-refractivity contribution in [1.82, 2.24) is 4.98 Å². The van der Waals surface area contributed by atoms with Gasteiger partial charge in [0.1, 0.15) is 0 Å². The molecular formula is C15H20N2O. The Hall–Kier alpha value is -1.77. The number of hydrogen-bond acceptors (Lipinski definition) is 3. The number of nitrogen functional groups attached to an aromatic ring is 1. The second-order valence-electron chi connectivity index (χ2n) is 4.61. The van der Waals surface area contributed by atoms with Crippen molar-refractivity contribution >= 4 is 6.01 Å². The minimum atomic E-state index is 0.243. The molecule has 0 saturated carbocycles. The third-order valence-electron chi connectivity index (χ3n) is 3.40. The lowest BCUT2D eigenvalue weighted by Crippen LogP contribution is -1.91. The van der Waals surface area contributed by atoms with Crippen LogP contribution in [0, 0.1) is 0 Å². The Morgan fingerprint density at radius 3 is 2.44 bits per heavy atom. The first-order valence-electron chi connectivity index (χ1n) is 6.51. The number of anilines is 1. The first-order chi connectivity index (χ1) is 8.65. The third kappa shape index (κ3) is 2.40. The lowest BCUT2D eigenvalue weighted by molar-refractivity contribution is 0.593. The van der Waals surface area contributed by atoms with Crippen LogP contribution in [0.15, 0.2) is 28.7 Å². The monoisotopic (exact) mass is 244 g/mol. The SMILES string of the molecule is CCc1nc(N)oc1-c1ccc(C(C)CC)cc1. The maximum absolute atomic E-state index is 5.61. The van der Waals surface area contributed by atoms with Crippen molar-refractivity contribution in [3.05, 3.63) is 35.5 Å². The number of hydrogen-bond donors (Lipinski definition) is 1. The molecule has 2 N–H and O–H groups in total. The number of nitrogens with zero attached hydrogens (tertiary/aromatic N) is 1. The van der Waals surface area contributed by atoms with E-state index in [4.69, 9.17) is 10.2 Å². The first kappa shape index (κ1) is 12.7. The van der Waals surface area contributed by atoms with Crippen molar-refractivity contribution < 1.29 is 4.42 Å². The summed E-state index contributed by atoms with van der Waals surface area (Å²) in [5.74, 6) is 1.38. The normalized spacial score (nSPS) is 12.6. The summed E-state index contributed by atoms with van der Waals surface area (Å²) in [6.45, 7) is 6.48. The fraction of sp³-hybridized carbons (Fsp3) is 0.400. The summed E-state index contributed by atoms with van der Waals surface area (Å²) in [5.41, 5.74) is 8.93. The van der Waals surface area contributed by atoms with Crippen LogP contribution in [0.1, 0.15) is 44.4 Å². The van der Waals surface area contributed by atoms with E-state index in [1.807, 2.05) is 6.92 Å². The molecule has 0 amide bonds. The highest BCUT2D eigenvalue weighted by Gasteiger charge is 2.12. The molecule has 1 unspecified atom stereocenters. The zero-order valence-electron chi connectivity index (χ0n) is 11.2. The standard InChI is InChI=1S/C15H20N2O/c1-4-10(3)11-6-8-12(9-7-11)14-13(5-2)17-15(16)18-14/h6-10H,4-5H2,1-3H3,(H2,16,17). The molecule has 1 heterocycles. The van der Waals surface area contributed by atoms with Crippen molar-refractivity contribution in [1.29, 1.82) is 0 Å². The summed E-state index contributed by atoms with van der Waals surface area (Å²) < 4.78 is 5.48. The topological polar surface area (TPSA) is 52.0 Å². The summed E-state index contributed by atoms with van der Waals surface area (Å²) in [6.07, 6.45) is 1.97. The molecule has 0 bridgehead atoms. The molecule has 2 aromatic rings. The van der Waals surface area contributed by atoms with Crippen molar-refractivity contribution in [2.75, 3.05) is 5.73 Å². The first-order valence-corrected chi connectivity index (χ1v) is 6.51. The number of aryl methyl sites for hydroxylation is 1. The van der Waals surface area contributed by atoms with Crippen LogP contribution in [0.3, 0.4) is 0 Å². The van der Waals surface area contributed by atoms with E-state index in [0.29, 0.717) is 5.92 Å². The number of nitrogens with two attached hydrogens (primary N) is 1. The van der Waals surface area contributed by atoms with E-state index < -0.39 is 0 Å². The van der Waals surface area contributed by atoms with E-state index in [1.165, 1.54) is 5.56 Å². The van der Waals surface area contributed by atoms with Crippen LogP contribution in [0.2, 0.25) is 0 Å². The van der Waals surface area contributed by atoms with Gasteiger partial charge in [0.05, 0.1) is 5.69 Å². The molecule has 0 aliphatic rings. The van der Waals surface area contributed by atoms with Gasteiger partial charge in [0, 0.05) is 5.56 Å². The largest absolute Gasteiger partial charge is 0.423 e. The Bertz CT molecular complexity index is 514. The van der Waals surface area contributed by atoms with Crippen molar-refractivity contribution in [3.8, 4) is 11.3 Å². The summed E-state index contributed by atoms with van der Waals surface area (Å²) >= 11 is 0. The van der Waals surface area contributed by atoms with Gasteiger partial charge in [-0.3, -0.25) is 0 Å². The van der Waals surface area contributed by atoms with Gasteiger partial charge >= 0.3 is 0 Å². The van der Waals surface area contributed by atoms with Crippen LogP contribution < -0.4 is 5.73 Å². The summed E-state index contributed by atoms with van der Waals surface area (Å²) in [4.78, 5) is 4.19. The van der Waals surface area contributed by atoms with E-state index >= 15 is 0 Å². The molecule has 0 fully saturated rings. The molecule has 2 rings (SSSR count). The highest BCUT2D eigenvalue weighted by Crippen LogP contribution is 2.28. The van der Waals surface area contributed by atoms with E-state index in [2.05, 4.69) is 43.1 Å². The van der Waals surface area contributed by atoms with Gasteiger partial charge in [-0.05, 0) is 24.3 Å². The Morgan fingerprint density at radius 2 is 1.89 bits per heavy atom. The van der Waals surface area contributed by atoms with Gasteiger partial charge in [0.15, 0.2) is 5.76 Å². The molecule has 0 aliphatic heterocycles. The summed E-state index contributed by atoms with van der Waals surface area (Å²) in [5, 5.41) is 0. The zero-order valence-corrected chi connectivity index (χ0v) is 11.2. The lowest BCUT2D eigenvalue weighted by Gasteiger charge is -2.09. The summed E-state index contributed by atoms with van der Waals surface area (Å²) in [6, 6.07) is 8.72. The van der Waals surface area contributed by atoms with Crippen molar-refractivity contribution in [3.63, 3.8) is 0 Å². The van der Waals surface area contributed by atoms with Crippen LogP contribution in [0.25, 0.3) is 11.3 Å². The number of benzene rings is 1. The molecule has 0 spiro atoms. The van der Waals surface area contributed by atoms with E-state index in [9.17, 15) is 0 Å². The molecule has 3 nitrogen and oxygen atoms in total. The lowest BCUT2D eigenvalue weighted by atomic mass is 9.97. The summed E-state index contributed by atoms with van der Waals surface area (Å²) in [7, 11) is 0. The number of rotatable bonds is 4. The minimum Gasteiger partial charge on any atom is -0.423 e. The van der Waals surface area contributed by atoms with Crippen molar-refractivity contribution in [2.24, 2.45) is 0 Å². The molecule has 0 aliphatic carbocycles. The smallest absolute Gasteiger partial charge is 0.292 e. The highest BCUT2D eigenvalue weighted by molar-refractivity contribution is 5.61. The fourth-order valence-corrected chi connectivity index (χ4v) is 2.03. The zero-order chi connectivity index (χ0) is 13.1. The second-order valence-corrected chi connectivity index (χ2v) is 4.61. The predicted octanol–water partition coefficient (Wildman–Crippen LogP) is 4.00. The Kier molecular flexibility index (Phi) is 3.70. The Balaban J connectivity index is 2.34. The van der Waals surface area contributed by atoms with Gasteiger partial charge in [-0.2, -0.15) is 4.98 Å². The van der Waals surface area contributed by atoms with E-state index in [1.54, 1.807) is 0 Å². The molecule has 1 aromatic carbocycles. The highest BCUT2D eigenvalue weighted by atomic mass is 16.4. The predicted molar refractivity (Wildman–Crippen MR) is 74.4 cm³/mol. The second kappa shape index (κ2) is 5.25. The average molecular weight is 244 g/mol. The molecule has 0 radical (unpaired) electrons. The molecular weight excluding hydrogens is 224 g/mol. The molecule has 3 heteroatoms. The van der Waals surface area contributed by atoms with Crippen LogP contribution >= 0.6 is 0 Å². The molecule has 1 aromatic heterocycles. The Morgan fingerprint density at radius 1 is 1.22 bits per heavy atom. The van der Waals surface area contributed by atoms with E-state index in [-0.39, 0.29) is 6.01 Å². The van der Waals surface area contributed by atoms with Gasteiger partial charge < -0.3 is 10.2 Å². The fourth-order valence-electron chi connectivity index (χ4n) is 2.03. The van der Waals surface area contributed by atoms with Crippen LogP contribution in [0.5, 0.6) is 0 Å². The molecule has 18 heavy (non-hydrogen) atoms. The number of oxazole rings is 1. The minimum absolute atomic E-state index is 0.243. The average Bonchev–Trinajstić information content (AvgIpc) is 2.79. The van der Waals surface area contributed by atoms with Gasteiger partial charge in [-0.1, -0.05) is 45.0 Å².